The minimum atomic E-state index is 0.812. The van der Waals surface area contributed by atoms with E-state index in [1.54, 1.807) is 18.1 Å². The van der Waals surface area contributed by atoms with Crippen LogP contribution in [0.15, 0.2) is 83.1 Å². The first-order valence-corrected chi connectivity index (χ1v) is 9.47. The molecule has 0 unspecified atom stereocenters. The SMILES string of the molecule is Ic1cn(Cc2ccccc2)c2ncnc(Sc3ccccc3)c12. The Bertz CT molecular complexity index is 968. The molecule has 5 heteroatoms. The van der Waals surface area contributed by atoms with Crippen LogP contribution in [0.25, 0.3) is 11.0 Å². The van der Waals surface area contributed by atoms with Crippen LogP contribution >= 0.6 is 34.4 Å². The van der Waals surface area contributed by atoms with Crippen molar-refractivity contribution >= 4 is 45.4 Å². The van der Waals surface area contributed by atoms with E-state index in [9.17, 15) is 0 Å². The molecule has 2 aromatic heterocycles. The summed E-state index contributed by atoms with van der Waals surface area (Å²) in [5.41, 5.74) is 2.25. The third-order valence-electron chi connectivity index (χ3n) is 3.73. The first-order valence-electron chi connectivity index (χ1n) is 7.57. The third kappa shape index (κ3) is 3.18. The molecule has 0 fully saturated rings. The summed E-state index contributed by atoms with van der Waals surface area (Å²) in [6.45, 7) is 0.812. The predicted molar refractivity (Wildman–Crippen MR) is 106 cm³/mol. The molecule has 0 aliphatic carbocycles. The molecule has 4 rings (SSSR count). The van der Waals surface area contributed by atoms with Crippen LogP contribution in [0.2, 0.25) is 0 Å². The summed E-state index contributed by atoms with van der Waals surface area (Å²) in [4.78, 5) is 10.2. The monoisotopic (exact) mass is 443 g/mol. The van der Waals surface area contributed by atoms with Gasteiger partial charge in [-0.25, -0.2) is 9.97 Å². The molecular weight excluding hydrogens is 429 g/mol. The number of hydrogen-bond acceptors (Lipinski definition) is 3. The van der Waals surface area contributed by atoms with Crippen molar-refractivity contribution in [2.45, 2.75) is 16.5 Å². The van der Waals surface area contributed by atoms with Gasteiger partial charge in [0.1, 0.15) is 17.0 Å². The predicted octanol–water partition coefficient (Wildman–Crippen LogP) is 5.24. The van der Waals surface area contributed by atoms with Crippen molar-refractivity contribution in [1.82, 2.24) is 14.5 Å². The summed E-state index contributed by atoms with van der Waals surface area (Å²) < 4.78 is 3.38. The van der Waals surface area contributed by atoms with E-state index in [4.69, 9.17) is 0 Å². The third-order valence-corrected chi connectivity index (χ3v) is 5.55. The Morgan fingerprint density at radius 2 is 1.62 bits per heavy atom. The Morgan fingerprint density at radius 1 is 0.917 bits per heavy atom. The van der Waals surface area contributed by atoms with Crippen LogP contribution in [-0.2, 0) is 6.54 Å². The van der Waals surface area contributed by atoms with Gasteiger partial charge in [-0.3, -0.25) is 0 Å². The molecule has 0 N–H and O–H groups in total. The van der Waals surface area contributed by atoms with Gasteiger partial charge < -0.3 is 4.57 Å². The fraction of sp³-hybridized carbons (Fsp3) is 0.0526. The molecule has 0 aliphatic heterocycles. The smallest absolute Gasteiger partial charge is 0.145 e. The van der Waals surface area contributed by atoms with Crippen molar-refractivity contribution < 1.29 is 0 Å². The molecular formula is C19H14IN3S. The van der Waals surface area contributed by atoms with Crippen molar-refractivity contribution in [2.75, 3.05) is 0 Å². The molecule has 0 bridgehead atoms. The van der Waals surface area contributed by atoms with Gasteiger partial charge in [-0.1, -0.05) is 60.3 Å². The van der Waals surface area contributed by atoms with Crippen LogP contribution < -0.4 is 0 Å². The summed E-state index contributed by atoms with van der Waals surface area (Å²) in [5, 5.41) is 2.13. The summed E-state index contributed by atoms with van der Waals surface area (Å²) in [6, 6.07) is 20.8. The molecule has 2 heterocycles. The molecule has 3 nitrogen and oxygen atoms in total. The van der Waals surface area contributed by atoms with E-state index in [1.165, 1.54) is 14.0 Å². The number of halogens is 1. The Labute approximate surface area is 158 Å². The largest absolute Gasteiger partial charge is 0.327 e. The van der Waals surface area contributed by atoms with Crippen LogP contribution in [0.5, 0.6) is 0 Å². The van der Waals surface area contributed by atoms with E-state index in [1.807, 2.05) is 24.3 Å². The lowest BCUT2D eigenvalue weighted by molar-refractivity contribution is 0.820. The highest BCUT2D eigenvalue weighted by Gasteiger charge is 2.14. The average molecular weight is 443 g/mol. The molecule has 0 radical (unpaired) electrons. The minimum Gasteiger partial charge on any atom is -0.327 e. The summed E-state index contributed by atoms with van der Waals surface area (Å²) in [6.07, 6.45) is 3.81. The van der Waals surface area contributed by atoms with Crippen LogP contribution in [0.1, 0.15) is 5.56 Å². The Morgan fingerprint density at radius 3 is 2.38 bits per heavy atom. The highest BCUT2D eigenvalue weighted by molar-refractivity contribution is 14.1. The zero-order valence-electron chi connectivity index (χ0n) is 12.8. The average Bonchev–Trinajstić information content (AvgIpc) is 2.94. The lowest BCUT2D eigenvalue weighted by Crippen LogP contribution is -1.99. The molecule has 24 heavy (non-hydrogen) atoms. The van der Waals surface area contributed by atoms with Gasteiger partial charge in [0.25, 0.3) is 0 Å². The van der Waals surface area contributed by atoms with Gasteiger partial charge in [0.15, 0.2) is 0 Å². The molecule has 0 spiro atoms. The molecule has 0 saturated carbocycles. The highest BCUT2D eigenvalue weighted by Crippen LogP contribution is 2.34. The van der Waals surface area contributed by atoms with Crippen molar-refractivity contribution in [1.29, 1.82) is 0 Å². The molecule has 0 atom stereocenters. The Balaban J connectivity index is 1.75. The van der Waals surface area contributed by atoms with E-state index in [0.717, 1.165) is 22.6 Å². The lowest BCUT2D eigenvalue weighted by atomic mass is 10.2. The van der Waals surface area contributed by atoms with Crippen molar-refractivity contribution in [3.63, 3.8) is 0 Å². The Hall–Kier alpha value is -1.86. The number of hydrogen-bond donors (Lipinski definition) is 0. The Kier molecular flexibility index (Phi) is 4.53. The number of benzene rings is 2. The standard InChI is InChI=1S/C19H14IN3S/c20-16-12-23(11-14-7-3-1-4-8-14)18-17(16)19(22-13-21-18)24-15-9-5-2-6-10-15/h1-10,12-13H,11H2. The maximum Gasteiger partial charge on any atom is 0.145 e. The van der Waals surface area contributed by atoms with Crippen molar-refractivity contribution in [2.24, 2.45) is 0 Å². The quantitative estimate of drug-likeness (QED) is 0.320. The number of rotatable bonds is 4. The summed E-state index contributed by atoms with van der Waals surface area (Å²) >= 11 is 4.06. The van der Waals surface area contributed by atoms with Crippen molar-refractivity contribution in [3.05, 3.63) is 82.3 Å². The maximum absolute atomic E-state index is 4.53. The van der Waals surface area contributed by atoms with E-state index >= 15 is 0 Å². The fourth-order valence-electron chi connectivity index (χ4n) is 2.63. The number of aromatic nitrogens is 3. The number of fused-ring (bicyclic) bond motifs is 1. The lowest BCUT2D eigenvalue weighted by Gasteiger charge is -2.06. The first-order chi connectivity index (χ1) is 11.8. The normalized spacial score (nSPS) is 11.0. The fourth-order valence-corrected chi connectivity index (χ4v) is 4.56. The second-order valence-electron chi connectivity index (χ2n) is 5.38. The van der Waals surface area contributed by atoms with Gasteiger partial charge in [0.2, 0.25) is 0 Å². The van der Waals surface area contributed by atoms with Crippen LogP contribution in [0.4, 0.5) is 0 Å². The van der Waals surface area contributed by atoms with E-state index in [-0.39, 0.29) is 0 Å². The van der Waals surface area contributed by atoms with Crippen molar-refractivity contribution in [3.8, 4) is 0 Å². The molecule has 4 aromatic rings. The minimum absolute atomic E-state index is 0.812. The molecule has 0 amide bonds. The van der Waals surface area contributed by atoms with E-state index in [2.05, 4.69) is 79.7 Å². The maximum atomic E-state index is 4.53. The van der Waals surface area contributed by atoms with Crippen LogP contribution in [0.3, 0.4) is 0 Å². The van der Waals surface area contributed by atoms with Gasteiger partial charge in [0.05, 0.1) is 5.39 Å². The molecule has 118 valence electrons. The van der Waals surface area contributed by atoms with E-state index in [0.29, 0.717) is 0 Å². The zero-order chi connectivity index (χ0) is 16.4. The molecule has 2 aromatic carbocycles. The van der Waals surface area contributed by atoms with Gasteiger partial charge >= 0.3 is 0 Å². The topological polar surface area (TPSA) is 30.7 Å². The van der Waals surface area contributed by atoms with Gasteiger partial charge in [0, 0.05) is 21.2 Å². The van der Waals surface area contributed by atoms with E-state index < -0.39 is 0 Å². The second-order valence-corrected chi connectivity index (χ2v) is 7.61. The highest BCUT2D eigenvalue weighted by atomic mass is 127. The van der Waals surface area contributed by atoms with Gasteiger partial charge in [-0.05, 0) is 40.3 Å². The van der Waals surface area contributed by atoms with Crippen LogP contribution in [0, 0.1) is 3.57 Å². The van der Waals surface area contributed by atoms with Crippen LogP contribution in [-0.4, -0.2) is 14.5 Å². The second kappa shape index (κ2) is 6.94. The summed E-state index contributed by atoms with van der Waals surface area (Å²) in [5.74, 6) is 0. The summed E-state index contributed by atoms with van der Waals surface area (Å²) in [7, 11) is 0. The molecule has 0 saturated heterocycles. The van der Waals surface area contributed by atoms with Gasteiger partial charge in [-0.2, -0.15) is 0 Å². The molecule has 0 aliphatic rings. The number of nitrogens with zero attached hydrogens (tertiary/aromatic N) is 3. The first kappa shape index (κ1) is 15.7. The van der Waals surface area contributed by atoms with Gasteiger partial charge in [-0.15, -0.1) is 0 Å². The zero-order valence-corrected chi connectivity index (χ0v) is 15.7.